The number of anilines is 1. The van der Waals surface area contributed by atoms with Gasteiger partial charge in [-0.1, -0.05) is 53.7 Å². The highest BCUT2D eigenvalue weighted by molar-refractivity contribution is 7.98. The molecular formula is C23H22ClFN4O2S. The normalized spacial score (nSPS) is 15.5. The summed E-state index contributed by atoms with van der Waals surface area (Å²) in [5.74, 6) is 0.194. The van der Waals surface area contributed by atoms with E-state index in [4.69, 9.17) is 16.3 Å². The second kappa shape index (κ2) is 9.34. The fourth-order valence-corrected chi connectivity index (χ4v) is 4.39. The van der Waals surface area contributed by atoms with Gasteiger partial charge in [0.05, 0.1) is 11.7 Å². The molecule has 0 saturated carbocycles. The lowest BCUT2D eigenvalue weighted by atomic mass is 9.96. The molecule has 6 nitrogen and oxygen atoms in total. The summed E-state index contributed by atoms with van der Waals surface area (Å²) < 4.78 is 21.2. The van der Waals surface area contributed by atoms with E-state index < -0.39 is 12.0 Å². The second-order valence-corrected chi connectivity index (χ2v) is 8.99. The lowest BCUT2D eigenvalue weighted by molar-refractivity contribution is -0.143. The van der Waals surface area contributed by atoms with Crippen molar-refractivity contribution in [1.82, 2.24) is 14.8 Å². The molecule has 4 rings (SSSR count). The van der Waals surface area contributed by atoms with Crippen LogP contribution >= 0.6 is 23.4 Å². The molecule has 0 spiro atoms. The Kier molecular flexibility index (Phi) is 6.53. The highest BCUT2D eigenvalue weighted by atomic mass is 35.5. The Balaban J connectivity index is 1.70. The molecule has 1 aliphatic rings. The molecule has 0 radical (unpaired) electrons. The minimum Gasteiger partial charge on any atom is -0.459 e. The number of thioether (sulfide) groups is 1. The third-order valence-corrected chi connectivity index (χ3v) is 6.03. The average Bonchev–Trinajstić information content (AvgIpc) is 3.14. The predicted molar refractivity (Wildman–Crippen MR) is 123 cm³/mol. The van der Waals surface area contributed by atoms with Crippen molar-refractivity contribution in [2.45, 2.75) is 43.8 Å². The van der Waals surface area contributed by atoms with E-state index in [-0.39, 0.29) is 11.9 Å². The van der Waals surface area contributed by atoms with E-state index in [1.54, 1.807) is 48.9 Å². The van der Waals surface area contributed by atoms with Gasteiger partial charge in [-0.05, 0) is 50.1 Å². The maximum absolute atomic E-state index is 14.0. The number of nitrogens with one attached hydrogen (secondary N) is 1. The van der Waals surface area contributed by atoms with E-state index in [2.05, 4.69) is 15.4 Å². The molecule has 1 unspecified atom stereocenters. The zero-order chi connectivity index (χ0) is 22.8. The van der Waals surface area contributed by atoms with Crippen LogP contribution in [-0.2, 0) is 15.3 Å². The number of hydrogen-bond acceptors (Lipinski definition) is 6. The van der Waals surface area contributed by atoms with Gasteiger partial charge in [-0.25, -0.2) is 13.9 Å². The van der Waals surface area contributed by atoms with Crippen LogP contribution in [0.25, 0.3) is 0 Å². The summed E-state index contributed by atoms with van der Waals surface area (Å²) in [5.41, 5.74) is 2.48. The van der Waals surface area contributed by atoms with Crippen molar-refractivity contribution in [3.05, 3.63) is 81.8 Å². The highest BCUT2D eigenvalue weighted by Gasteiger charge is 2.35. The number of allylic oxidation sites excluding steroid dienone is 1. The molecule has 1 atom stereocenters. The summed E-state index contributed by atoms with van der Waals surface area (Å²) in [4.78, 5) is 17.5. The van der Waals surface area contributed by atoms with Crippen LogP contribution < -0.4 is 5.32 Å². The van der Waals surface area contributed by atoms with Gasteiger partial charge in [-0.2, -0.15) is 4.98 Å². The first-order chi connectivity index (χ1) is 15.3. The first-order valence-corrected chi connectivity index (χ1v) is 11.5. The standard InChI is InChI=1S/C23H22ClFN4O2S/c1-13(2)31-21(30)19-14(3)26-22-27-23(32-12-16-6-4-5-7-18(16)25)28-29(22)20(19)15-8-10-17(24)11-9-15/h4-11,13,20H,12H2,1-3H3,(H,26,27,28). The number of carbonyl (C=O) groups excluding carboxylic acids is 1. The number of rotatable bonds is 6. The highest BCUT2D eigenvalue weighted by Crippen LogP contribution is 2.37. The Morgan fingerprint density at radius 3 is 2.66 bits per heavy atom. The lowest BCUT2D eigenvalue weighted by Gasteiger charge is -2.28. The zero-order valence-corrected chi connectivity index (χ0v) is 19.4. The molecule has 1 N–H and O–H groups in total. The topological polar surface area (TPSA) is 69.0 Å². The first-order valence-electron chi connectivity index (χ1n) is 10.1. The monoisotopic (exact) mass is 472 g/mol. The largest absolute Gasteiger partial charge is 0.459 e. The van der Waals surface area contributed by atoms with Crippen LogP contribution in [0.4, 0.5) is 10.3 Å². The SMILES string of the molecule is CC1=C(C(=O)OC(C)C)C(c2ccc(Cl)cc2)n2nc(SCc3ccccc3F)nc2N1. The number of carbonyl (C=O) groups is 1. The number of halogens is 2. The molecule has 0 bridgehead atoms. The molecule has 0 aliphatic carbocycles. The summed E-state index contributed by atoms with van der Waals surface area (Å²) in [5, 5.41) is 8.86. The second-order valence-electron chi connectivity index (χ2n) is 7.61. The third kappa shape index (κ3) is 4.66. The van der Waals surface area contributed by atoms with Crippen molar-refractivity contribution >= 4 is 35.3 Å². The van der Waals surface area contributed by atoms with Crippen LogP contribution in [0.15, 0.2) is 65.0 Å². The van der Waals surface area contributed by atoms with Crippen molar-refractivity contribution < 1.29 is 13.9 Å². The molecule has 3 aromatic rings. The van der Waals surface area contributed by atoms with E-state index in [0.717, 1.165) is 5.56 Å². The molecule has 9 heteroatoms. The van der Waals surface area contributed by atoms with Gasteiger partial charge in [0.25, 0.3) is 0 Å². The van der Waals surface area contributed by atoms with Crippen LogP contribution in [0.1, 0.15) is 37.9 Å². The van der Waals surface area contributed by atoms with Crippen molar-refractivity contribution in [3.8, 4) is 0 Å². The quantitative estimate of drug-likeness (QED) is 0.372. The van der Waals surface area contributed by atoms with Crippen molar-refractivity contribution in [3.63, 3.8) is 0 Å². The Labute approximate surface area is 194 Å². The number of benzene rings is 2. The smallest absolute Gasteiger partial charge is 0.338 e. The maximum atomic E-state index is 14.0. The Morgan fingerprint density at radius 1 is 1.25 bits per heavy atom. The van der Waals surface area contributed by atoms with Crippen LogP contribution in [0, 0.1) is 5.82 Å². The van der Waals surface area contributed by atoms with Gasteiger partial charge in [0, 0.05) is 16.5 Å². The summed E-state index contributed by atoms with van der Waals surface area (Å²) in [6.07, 6.45) is -0.266. The van der Waals surface area contributed by atoms with Crippen LogP contribution in [0.5, 0.6) is 0 Å². The van der Waals surface area contributed by atoms with Crippen molar-refractivity contribution in [1.29, 1.82) is 0 Å². The van der Waals surface area contributed by atoms with Gasteiger partial charge in [0.15, 0.2) is 0 Å². The van der Waals surface area contributed by atoms with E-state index >= 15 is 0 Å². The molecule has 0 saturated heterocycles. The van der Waals surface area contributed by atoms with Crippen LogP contribution in [-0.4, -0.2) is 26.8 Å². The summed E-state index contributed by atoms with van der Waals surface area (Å²) in [6, 6.07) is 13.3. The average molecular weight is 473 g/mol. The molecule has 2 heterocycles. The number of aromatic nitrogens is 3. The predicted octanol–water partition coefficient (Wildman–Crippen LogP) is 5.60. The number of hydrogen-bond donors (Lipinski definition) is 1. The fraction of sp³-hybridized carbons (Fsp3) is 0.261. The Morgan fingerprint density at radius 2 is 1.97 bits per heavy atom. The number of esters is 1. The summed E-state index contributed by atoms with van der Waals surface area (Å²) in [6.45, 7) is 5.42. The van der Waals surface area contributed by atoms with E-state index in [9.17, 15) is 9.18 Å². The number of fused-ring (bicyclic) bond motifs is 1. The molecule has 1 aromatic heterocycles. The number of ether oxygens (including phenoxy) is 1. The zero-order valence-electron chi connectivity index (χ0n) is 17.8. The summed E-state index contributed by atoms with van der Waals surface area (Å²) in [7, 11) is 0. The number of nitrogens with zero attached hydrogens (tertiary/aromatic N) is 3. The van der Waals surface area contributed by atoms with Gasteiger partial charge >= 0.3 is 5.97 Å². The van der Waals surface area contributed by atoms with E-state index in [1.165, 1.54) is 17.8 Å². The molecule has 32 heavy (non-hydrogen) atoms. The summed E-state index contributed by atoms with van der Waals surface area (Å²) >= 11 is 7.40. The first kappa shape index (κ1) is 22.4. The van der Waals surface area contributed by atoms with Gasteiger partial charge < -0.3 is 10.1 Å². The van der Waals surface area contributed by atoms with Gasteiger partial charge in [-0.15, -0.1) is 5.10 Å². The van der Waals surface area contributed by atoms with Gasteiger partial charge in [0.1, 0.15) is 11.9 Å². The van der Waals surface area contributed by atoms with Crippen molar-refractivity contribution in [2.24, 2.45) is 0 Å². The van der Waals surface area contributed by atoms with E-state index in [0.29, 0.717) is 38.7 Å². The molecule has 166 valence electrons. The maximum Gasteiger partial charge on any atom is 0.338 e. The van der Waals surface area contributed by atoms with Crippen LogP contribution in [0.3, 0.4) is 0 Å². The third-order valence-electron chi connectivity index (χ3n) is 4.90. The molecule has 0 fully saturated rings. The van der Waals surface area contributed by atoms with Crippen LogP contribution in [0.2, 0.25) is 5.02 Å². The molecule has 0 amide bonds. The van der Waals surface area contributed by atoms with Gasteiger partial charge in [-0.3, -0.25) is 0 Å². The van der Waals surface area contributed by atoms with E-state index in [1.807, 2.05) is 19.1 Å². The van der Waals surface area contributed by atoms with Crippen molar-refractivity contribution in [2.75, 3.05) is 5.32 Å². The molecule has 1 aliphatic heterocycles. The fourth-order valence-electron chi connectivity index (χ4n) is 3.45. The Bertz CT molecular complexity index is 1180. The Hall–Kier alpha value is -2.84. The lowest BCUT2D eigenvalue weighted by Crippen LogP contribution is -2.30. The molecule has 2 aromatic carbocycles. The minimum atomic E-state index is -0.537. The van der Waals surface area contributed by atoms with Gasteiger partial charge in [0.2, 0.25) is 11.1 Å². The molecular weight excluding hydrogens is 451 g/mol. The minimum absolute atomic E-state index is 0.266.